The molecule has 42 heavy (non-hydrogen) atoms. The standard InChI is InChI=1S/C33H27ClN2O5S/c1-20-15-27(16-21(2)30(20)34)40-19-23-17-22(9-14-29(23)39-3)18-28-31(37)35-33(42)36(32(28)38)24-10-12-26(13-11-24)41-25-7-5-4-6-8-25/h4-18H,19H2,1-3H3,(H,35,37,42)/b28-18+. The van der Waals surface area contributed by atoms with Crippen LogP contribution in [-0.4, -0.2) is 24.0 Å². The number of anilines is 1. The molecule has 0 aromatic heterocycles. The summed E-state index contributed by atoms with van der Waals surface area (Å²) >= 11 is 11.6. The molecule has 1 N–H and O–H groups in total. The van der Waals surface area contributed by atoms with E-state index in [2.05, 4.69) is 5.32 Å². The molecule has 4 aromatic rings. The lowest BCUT2D eigenvalue weighted by molar-refractivity contribution is -0.122. The molecule has 2 amide bonds. The highest BCUT2D eigenvalue weighted by Gasteiger charge is 2.34. The SMILES string of the molecule is COc1ccc(/C=C2\C(=O)NC(=S)N(c3ccc(Oc4ccccc4)cc3)C2=O)cc1COc1cc(C)c(Cl)c(C)c1. The fourth-order valence-electron chi connectivity index (χ4n) is 4.50. The first-order valence-electron chi connectivity index (χ1n) is 13.0. The largest absolute Gasteiger partial charge is 0.496 e. The van der Waals surface area contributed by atoms with Crippen molar-refractivity contribution in [2.75, 3.05) is 12.0 Å². The topological polar surface area (TPSA) is 77.1 Å². The number of benzene rings is 4. The van der Waals surface area contributed by atoms with E-state index in [1.54, 1.807) is 43.5 Å². The molecule has 1 aliphatic heterocycles. The van der Waals surface area contributed by atoms with E-state index < -0.39 is 11.8 Å². The van der Waals surface area contributed by atoms with Gasteiger partial charge < -0.3 is 14.2 Å². The highest BCUT2D eigenvalue weighted by atomic mass is 35.5. The molecular formula is C33H27ClN2O5S. The molecule has 1 aliphatic rings. The van der Waals surface area contributed by atoms with Crippen molar-refractivity contribution < 1.29 is 23.8 Å². The quantitative estimate of drug-likeness (QED) is 0.132. The molecule has 0 radical (unpaired) electrons. The summed E-state index contributed by atoms with van der Waals surface area (Å²) in [4.78, 5) is 27.7. The molecule has 7 nitrogen and oxygen atoms in total. The average molecular weight is 599 g/mol. The summed E-state index contributed by atoms with van der Waals surface area (Å²) in [6.45, 7) is 4.04. The van der Waals surface area contributed by atoms with Gasteiger partial charge in [-0.25, -0.2) is 0 Å². The van der Waals surface area contributed by atoms with E-state index in [1.807, 2.05) is 62.4 Å². The van der Waals surface area contributed by atoms with Crippen molar-refractivity contribution in [3.05, 3.63) is 118 Å². The first-order valence-corrected chi connectivity index (χ1v) is 13.8. The molecule has 0 atom stereocenters. The number of thiocarbonyl (C=S) groups is 1. The second-order valence-corrected chi connectivity index (χ2v) is 10.4. The molecule has 0 aliphatic carbocycles. The van der Waals surface area contributed by atoms with Crippen LogP contribution in [0.5, 0.6) is 23.0 Å². The van der Waals surface area contributed by atoms with Crippen LogP contribution < -0.4 is 24.4 Å². The maximum atomic E-state index is 13.6. The smallest absolute Gasteiger partial charge is 0.270 e. The van der Waals surface area contributed by atoms with E-state index in [0.717, 1.165) is 16.7 Å². The van der Waals surface area contributed by atoms with Crippen molar-refractivity contribution >= 4 is 52.5 Å². The summed E-state index contributed by atoms with van der Waals surface area (Å²) < 4.78 is 17.4. The zero-order valence-corrected chi connectivity index (χ0v) is 24.7. The number of nitrogens with zero attached hydrogens (tertiary/aromatic N) is 1. The fraction of sp³-hybridized carbons (Fsp3) is 0.121. The van der Waals surface area contributed by atoms with Crippen molar-refractivity contribution in [2.45, 2.75) is 20.5 Å². The lowest BCUT2D eigenvalue weighted by Crippen LogP contribution is -2.54. The number of nitrogens with one attached hydrogen (secondary N) is 1. The monoisotopic (exact) mass is 598 g/mol. The Bertz CT molecular complexity index is 1680. The number of rotatable bonds is 8. The van der Waals surface area contributed by atoms with Crippen LogP contribution in [0.1, 0.15) is 22.3 Å². The van der Waals surface area contributed by atoms with E-state index in [-0.39, 0.29) is 17.3 Å². The van der Waals surface area contributed by atoms with Crippen LogP contribution >= 0.6 is 23.8 Å². The number of amides is 2. The number of halogens is 1. The molecule has 0 spiro atoms. The van der Waals surface area contributed by atoms with Gasteiger partial charge in [-0.1, -0.05) is 35.9 Å². The number of carbonyl (C=O) groups excluding carboxylic acids is 2. The van der Waals surface area contributed by atoms with Crippen molar-refractivity contribution in [1.82, 2.24) is 5.32 Å². The van der Waals surface area contributed by atoms with Gasteiger partial charge in [0.15, 0.2) is 5.11 Å². The van der Waals surface area contributed by atoms with E-state index >= 15 is 0 Å². The number of hydrogen-bond acceptors (Lipinski definition) is 6. The third-order valence-corrected chi connectivity index (χ3v) is 7.48. The summed E-state index contributed by atoms with van der Waals surface area (Å²) in [6, 6.07) is 25.3. The Morgan fingerprint density at radius 1 is 0.881 bits per heavy atom. The minimum absolute atomic E-state index is 0.00347. The summed E-state index contributed by atoms with van der Waals surface area (Å²) in [6.07, 6.45) is 1.53. The number of aryl methyl sites for hydroxylation is 2. The molecule has 1 saturated heterocycles. The zero-order valence-electron chi connectivity index (χ0n) is 23.1. The van der Waals surface area contributed by atoms with Gasteiger partial charge in [0.05, 0.1) is 12.8 Å². The van der Waals surface area contributed by atoms with Crippen LogP contribution in [0, 0.1) is 13.8 Å². The minimum atomic E-state index is -0.578. The molecule has 9 heteroatoms. The van der Waals surface area contributed by atoms with Crippen LogP contribution in [0.2, 0.25) is 5.02 Å². The Hall–Kier alpha value is -4.66. The Kier molecular flexibility index (Phi) is 8.56. The van der Waals surface area contributed by atoms with Gasteiger partial charge in [0, 0.05) is 10.6 Å². The summed E-state index contributed by atoms with van der Waals surface area (Å²) in [7, 11) is 1.57. The number of para-hydroxylation sites is 1. The van der Waals surface area contributed by atoms with Gasteiger partial charge in [-0.2, -0.15) is 0 Å². The molecule has 212 valence electrons. The molecule has 1 fully saturated rings. The summed E-state index contributed by atoms with van der Waals surface area (Å²) in [5.41, 5.74) is 3.63. The highest BCUT2D eigenvalue weighted by molar-refractivity contribution is 7.80. The molecule has 5 rings (SSSR count). The van der Waals surface area contributed by atoms with Gasteiger partial charge in [-0.05, 0) is 109 Å². The minimum Gasteiger partial charge on any atom is -0.496 e. The van der Waals surface area contributed by atoms with Gasteiger partial charge in [0.1, 0.15) is 35.2 Å². The zero-order chi connectivity index (χ0) is 29.8. The van der Waals surface area contributed by atoms with Crippen LogP contribution in [-0.2, 0) is 16.2 Å². The molecule has 0 saturated carbocycles. The van der Waals surface area contributed by atoms with Crippen LogP contribution in [0.25, 0.3) is 6.08 Å². The van der Waals surface area contributed by atoms with E-state index in [1.165, 1.54) is 11.0 Å². The van der Waals surface area contributed by atoms with Gasteiger partial charge in [0.25, 0.3) is 11.8 Å². The van der Waals surface area contributed by atoms with Crippen molar-refractivity contribution in [3.63, 3.8) is 0 Å². The predicted molar refractivity (Wildman–Crippen MR) is 167 cm³/mol. The second-order valence-electron chi connectivity index (χ2n) is 9.60. The second kappa shape index (κ2) is 12.5. The average Bonchev–Trinajstić information content (AvgIpc) is 2.98. The highest BCUT2D eigenvalue weighted by Crippen LogP contribution is 2.30. The van der Waals surface area contributed by atoms with Crippen LogP contribution in [0.3, 0.4) is 0 Å². The third-order valence-electron chi connectivity index (χ3n) is 6.60. The Morgan fingerprint density at radius 3 is 2.21 bits per heavy atom. The first-order chi connectivity index (χ1) is 20.2. The maximum absolute atomic E-state index is 13.6. The Morgan fingerprint density at radius 2 is 1.55 bits per heavy atom. The Balaban J connectivity index is 1.38. The summed E-state index contributed by atoms with van der Waals surface area (Å²) in [5, 5.41) is 3.32. The van der Waals surface area contributed by atoms with Gasteiger partial charge in [-0.3, -0.25) is 19.8 Å². The molecule has 0 bridgehead atoms. The van der Waals surface area contributed by atoms with Crippen molar-refractivity contribution in [1.29, 1.82) is 0 Å². The fourth-order valence-corrected chi connectivity index (χ4v) is 4.89. The number of hydrogen-bond donors (Lipinski definition) is 1. The number of ether oxygens (including phenoxy) is 3. The van der Waals surface area contributed by atoms with E-state index in [9.17, 15) is 9.59 Å². The predicted octanol–water partition coefficient (Wildman–Crippen LogP) is 7.17. The van der Waals surface area contributed by atoms with Crippen LogP contribution in [0.4, 0.5) is 5.69 Å². The summed E-state index contributed by atoms with van der Waals surface area (Å²) in [5.74, 6) is 1.45. The lowest BCUT2D eigenvalue weighted by atomic mass is 10.0. The van der Waals surface area contributed by atoms with E-state index in [4.69, 9.17) is 38.0 Å². The van der Waals surface area contributed by atoms with Gasteiger partial charge in [0.2, 0.25) is 0 Å². The Labute approximate surface area is 254 Å². The van der Waals surface area contributed by atoms with Crippen molar-refractivity contribution in [2.24, 2.45) is 0 Å². The molecule has 1 heterocycles. The number of carbonyl (C=O) groups is 2. The number of methoxy groups -OCH3 is 1. The van der Waals surface area contributed by atoms with Gasteiger partial charge in [-0.15, -0.1) is 0 Å². The molecular weight excluding hydrogens is 572 g/mol. The van der Waals surface area contributed by atoms with Crippen molar-refractivity contribution in [3.8, 4) is 23.0 Å². The molecule has 0 unspecified atom stereocenters. The lowest BCUT2D eigenvalue weighted by Gasteiger charge is -2.29. The van der Waals surface area contributed by atoms with E-state index in [0.29, 0.717) is 39.3 Å². The first kappa shape index (κ1) is 28.9. The van der Waals surface area contributed by atoms with Gasteiger partial charge >= 0.3 is 0 Å². The third kappa shape index (κ3) is 6.30. The van der Waals surface area contributed by atoms with Crippen LogP contribution in [0.15, 0.2) is 90.5 Å². The normalized spacial score (nSPS) is 14.1. The molecule has 4 aromatic carbocycles. The maximum Gasteiger partial charge on any atom is 0.270 e.